The van der Waals surface area contributed by atoms with E-state index in [2.05, 4.69) is 0 Å². The van der Waals surface area contributed by atoms with Crippen LogP contribution in [-0.4, -0.2) is 29.8 Å². The Labute approximate surface area is 123 Å². The molecular weight excluding hydrogens is 275 g/mol. The van der Waals surface area contributed by atoms with Crippen LogP contribution in [0.3, 0.4) is 0 Å². The third-order valence-electron chi connectivity index (χ3n) is 2.84. The van der Waals surface area contributed by atoms with E-state index >= 15 is 0 Å². The largest absolute Gasteiger partial charge is 0.369 e. The molecule has 5 N–H and O–H groups in total. The highest BCUT2D eigenvalue weighted by Gasteiger charge is 2.15. The molecule has 0 saturated heterocycles. The third kappa shape index (κ3) is 5.49. The Bertz CT molecular complexity index is 520. The maximum absolute atomic E-state index is 13.9. The van der Waals surface area contributed by atoms with Crippen molar-refractivity contribution in [3.63, 3.8) is 0 Å². The van der Waals surface area contributed by atoms with Gasteiger partial charge >= 0.3 is 0 Å². The second-order valence-electron chi connectivity index (χ2n) is 5.31. The van der Waals surface area contributed by atoms with Crippen LogP contribution in [0.2, 0.25) is 0 Å². The number of carbonyl (C=O) groups excluding carboxylic acids is 2. The number of amides is 2. The van der Waals surface area contributed by atoms with Gasteiger partial charge in [-0.3, -0.25) is 19.9 Å². The molecule has 0 aliphatic rings. The molecule has 21 heavy (non-hydrogen) atoms. The quantitative estimate of drug-likeness (QED) is 0.384. The van der Waals surface area contributed by atoms with Gasteiger partial charge in [0.25, 0.3) is 5.91 Å². The second kappa shape index (κ2) is 7.70. The normalized spacial score (nSPS) is 11.0. The van der Waals surface area contributed by atoms with Crippen molar-refractivity contribution < 1.29 is 14.0 Å². The molecule has 1 rings (SSSR count). The molecule has 0 unspecified atom stereocenters. The van der Waals surface area contributed by atoms with E-state index in [0.717, 1.165) is 0 Å². The summed E-state index contributed by atoms with van der Waals surface area (Å²) in [7, 11) is 0. The minimum Gasteiger partial charge on any atom is -0.369 e. The molecule has 0 saturated carbocycles. The topological polar surface area (TPSA) is 101 Å². The number of nitrogens with two attached hydrogens (primary N) is 2. The number of hydrogen-bond acceptors (Lipinski definition) is 4. The predicted octanol–water partition coefficient (Wildman–Crippen LogP) is 0.373. The van der Waals surface area contributed by atoms with E-state index in [1.165, 1.54) is 18.2 Å². The van der Waals surface area contributed by atoms with Crippen LogP contribution in [0.15, 0.2) is 18.2 Å². The highest BCUT2D eigenvalue weighted by atomic mass is 19.1. The van der Waals surface area contributed by atoms with Gasteiger partial charge in [-0.2, -0.15) is 0 Å². The summed E-state index contributed by atoms with van der Waals surface area (Å²) in [5, 5.41) is 0. The molecule has 0 aliphatic carbocycles. The molecule has 0 aromatic heterocycles. The Kier molecular flexibility index (Phi) is 6.26. The zero-order valence-electron chi connectivity index (χ0n) is 12.2. The predicted molar refractivity (Wildman–Crippen MR) is 77.4 cm³/mol. The lowest BCUT2D eigenvalue weighted by Gasteiger charge is -2.23. The van der Waals surface area contributed by atoms with Crippen molar-refractivity contribution >= 4 is 11.8 Å². The summed E-state index contributed by atoms with van der Waals surface area (Å²) in [4.78, 5) is 24.3. The maximum atomic E-state index is 13.9. The van der Waals surface area contributed by atoms with Gasteiger partial charge in [-0.05, 0) is 24.1 Å². The van der Waals surface area contributed by atoms with Crippen molar-refractivity contribution in [1.29, 1.82) is 0 Å². The van der Waals surface area contributed by atoms with Gasteiger partial charge in [-0.15, -0.1) is 0 Å². The smallest absolute Gasteiger partial charge is 0.265 e. The van der Waals surface area contributed by atoms with E-state index in [0.29, 0.717) is 18.0 Å². The van der Waals surface area contributed by atoms with Crippen LogP contribution in [0.1, 0.15) is 29.8 Å². The first-order valence-electron chi connectivity index (χ1n) is 6.63. The van der Waals surface area contributed by atoms with Crippen LogP contribution in [0.4, 0.5) is 4.39 Å². The first-order valence-corrected chi connectivity index (χ1v) is 6.63. The van der Waals surface area contributed by atoms with Gasteiger partial charge < -0.3 is 5.73 Å². The number of rotatable bonds is 7. The molecular formula is C14H21FN4O2. The molecule has 0 spiro atoms. The Morgan fingerprint density at radius 3 is 2.57 bits per heavy atom. The molecule has 116 valence electrons. The van der Waals surface area contributed by atoms with Crippen LogP contribution in [-0.2, 0) is 11.3 Å². The summed E-state index contributed by atoms with van der Waals surface area (Å²) in [6, 6.07) is 3.98. The minimum absolute atomic E-state index is 0.0327. The van der Waals surface area contributed by atoms with E-state index < -0.39 is 17.6 Å². The van der Waals surface area contributed by atoms with Crippen LogP contribution >= 0.6 is 0 Å². The van der Waals surface area contributed by atoms with E-state index in [4.69, 9.17) is 11.6 Å². The van der Waals surface area contributed by atoms with Gasteiger partial charge in [0.2, 0.25) is 5.91 Å². The summed E-state index contributed by atoms with van der Waals surface area (Å²) >= 11 is 0. The molecule has 1 aromatic carbocycles. The first kappa shape index (κ1) is 17.1. The number of halogens is 1. The summed E-state index contributed by atoms with van der Waals surface area (Å²) < 4.78 is 13.9. The number of primary amides is 1. The Balaban J connectivity index is 2.96. The number of nitrogen functional groups attached to an aromatic ring is 1. The summed E-state index contributed by atoms with van der Waals surface area (Å²) in [6.07, 6.45) is 0. The SMILES string of the molecule is CC(C)CN(CC(N)=O)Cc1cc(C(=O)NN)ccc1F. The van der Waals surface area contributed by atoms with Gasteiger partial charge in [0.1, 0.15) is 5.82 Å². The van der Waals surface area contributed by atoms with Crippen molar-refractivity contribution in [3.05, 3.63) is 35.1 Å². The molecule has 0 aliphatic heterocycles. The maximum Gasteiger partial charge on any atom is 0.265 e. The number of nitrogens with zero attached hydrogens (tertiary/aromatic N) is 1. The van der Waals surface area contributed by atoms with Crippen molar-refractivity contribution in [2.24, 2.45) is 17.5 Å². The lowest BCUT2D eigenvalue weighted by Crippen LogP contribution is -2.36. The fourth-order valence-electron chi connectivity index (χ4n) is 2.08. The molecule has 0 bridgehead atoms. The van der Waals surface area contributed by atoms with Gasteiger partial charge in [-0.25, -0.2) is 10.2 Å². The van der Waals surface area contributed by atoms with Gasteiger partial charge in [0.15, 0.2) is 0 Å². The van der Waals surface area contributed by atoms with E-state index in [9.17, 15) is 14.0 Å². The molecule has 7 heteroatoms. The molecule has 0 heterocycles. The summed E-state index contributed by atoms with van der Waals surface area (Å²) in [6.45, 7) is 4.80. The van der Waals surface area contributed by atoms with Crippen molar-refractivity contribution in [1.82, 2.24) is 10.3 Å². The Morgan fingerprint density at radius 2 is 2.05 bits per heavy atom. The molecule has 1 aromatic rings. The van der Waals surface area contributed by atoms with Crippen LogP contribution in [0.25, 0.3) is 0 Å². The molecule has 0 atom stereocenters. The molecule has 0 radical (unpaired) electrons. The Morgan fingerprint density at radius 1 is 1.38 bits per heavy atom. The van der Waals surface area contributed by atoms with Crippen LogP contribution in [0.5, 0.6) is 0 Å². The van der Waals surface area contributed by atoms with Gasteiger partial charge in [0, 0.05) is 24.2 Å². The fourth-order valence-corrected chi connectivity index (χ4v) is 2.08. The van der Waals surface area contributed by atoms with Crippen molar-refractivity contribution in [2.45, 2.75) is 20.4 Å². The van der Waals surface area contributed by atoms with E-state index in [-0.39, 0.29) is 18.7 Å². The van der Waals surface area contributed by atoms with Crippen LogP contribution in [0, 0.1) is 11.7 Å². The van der Waals surface area contributed by atoms with Gasteiger partial charge in [0.05, 0.1) is 6.54 Å². The van der Waals surface area contributed by atoms with Crippen molar-refractivity contribution in [3.8, 4) is 0 Å². The first-order chi connectivity index (χ1) is 9.83. The zero-order chi connectivity index (χ0) is 16.0. The standard InChI is InChI=1S/C14H21FN4O2/c1-9(2)6-19(8-13(16)20)7-11-5-10(14(21)18-17)3-4-12(11)15/h3-5,9H,6-8,17H2,1-2H3,(H2,16,20)(H,18,21). The average molecular weight is 296 g/mol. The highest BCUT2D eigenvalue weighted by molar-refractivity contribution is 5.93. The molecule has 2 amide bonds. The lowest BCUT2D eigenvalue weighted by molar-refractivity contribution is -0.119. The zero-order valence-corrected chi connectivity index (χ0v) is 12.2. The number of benzene rings is 1. The number of hydrazine groups is 1. The van der Waals surface area contributed by atoms with Gasteiger partial charge in [-0.1, -0.05) is 13.8 Å². The minimum atomic E-state index is -0.499. The van der Waals surface area contributed by atoms with Crippen molar-refractivity contribution in [2.75, 3.05) is 13.1 Å². The van der Waals surface area contributed by atoms with E-state index in [1.54, 1.807) is 4.90 Å². The second-order valence-corrected chi connectivity index (χ2v) is 5.31. The molecule has 6 nitrogen and oxygen atoms in total. The number of carbonyl (C=O) groups is 2. The average Bonchev–Trinajstić information content (AvgIpc) is 2.38. The highest BCUT2D eigenvalue weighted by Crippen LogP contribution is 2.14. The fraction of sp³-hybridized carbons (Fsp3) is 0.429. The number of nitrogens with one attached hydrogen (secondary N) is 1. The lowest BCUT2D eigenvalue weighted by atomic mass is 10.1. The number of hydrogen-bond donors (Lipinski definition) is 3. The molecule has 0 fully saturated rings. The van der Waals surface area contributed by atoms with Crippen LogP contribution < -0.4 is 17.0 Å². The third-order valence-corrected chi connectivity index (χ3v) is 2.84. The Hall–Kier alpha value is -1.99. The summed E-state index contributed by atoms with van der Waals surface area (Å²) in [5.41, 5.74) is 7.78. The monoisotopic (exact) mass is 296 g/mol. The summed E-state index contributed by atoms with van der Waals surface area (Å²) in [5.74, 6) is 3.93. The van der Waals surface area contributed by atoms with E-state index in [1.807, 2.05) is 19.3 Å².